The summed E-state index contributed by atoms with van der Waals surface area (Å²) in [6, 6.07) is 0. The average Bonchev–Trinajstić information content (AvgIpc) is 2.14. The summed E-state index contributed by atoms with van der Waals surface area (Å²) in [6.45, 7) is 6.98. The van der Waals surface area contributed by atoms with E-state index in [-0.39, 0.29) is 12.2 Å². The fourth-order valence-corrected chi connectivity index (χ4v) is 0.778. The highest BCUT2D eigenvalue weighted by Gasteiger charge is 2.00. The second-order valence-corrected chi connectivity index (χ2v) is 3.71. The molecule has 0 spiro atoms. The maximum Gasteiger partial charge on any atom is 0.334 e. The van der Waals surface area contributed by atoms with E-state index in [1.54, 1.807) is 27.7 Å². The maximum atomic E-state index is 11.0. The third-order valence-corrected chi connectivity index (χ3v) is 1.27. The van der Waals surface area contributed by atoms with Gasteiger partial charge in [-0.3, -0.25) is 0 Å². The van der Waals surface area contributed by atoms with Gasteiger partial charge in [-0.2, -0.15) is 0 Å². The van der Waals surface area contributed by atoms with Crippen molar-refractivity contribution in [3.05, 3.63) is 24.7 Å². The van der Waals surface area contributed by atoms with E-state index in [9.17, 15) is 9.59 Å². The molecule has 0 bridgehead atoms. The van der Waals surface area contributed by atoms with Crippen LogP contribution < -0.4 is 0 Å². The molecule has 0 unspecified atom stereocenters. The first kappa shape index (κ1) is 15.2. The maximum absolute atomic E-state index is 11.0. The van der Waals surface area contributed by atoms with Crippen molar-refractivity contribution in [2.45, 2.75) is 39.9 Å². The van der Waals surface area contributed by atoms with Gasteiger partial charge < -0.3 is 14.2 Å². The minimum atomic E-state index is -0.502. The molecule has 0 aromatic heterocycles. The summed E-state index contributed by atoms with van der Waals surface area (Å²) in [5.41, 5.74) is 0. The Kier molecular flexibility index (Phi) is 7.50. The highest BCUT2D eigenvalue weighted by atomic mass is 16.5. The molecule has 0 saturated carbocycles. The molecular weight excluding hydrogens is 224 g/mol. The SMILES string of the molecule is CC(C)OC(=O)/C=C\O/C=C/C(=O)OC(C)C. The molecule has 0 saturated heterocycles. The third-order valence-electron chi connectivity index (χ3n) is 1.27. The molecular formula is C12H18O5. The van der Waals surface area contributed by atoms with Crippen molar-refractivity contribution in [1.82, 2.24) is 0 Å². The Morgan fingerprint density at radius 1 is 0.824 bits per heavy atom. The van der Waals surface area contributed by atoms with Crippen LogP contribution in [0, 0.1) is 0 Å². The normalized spacial score (nSPS) is 11.4. The van der Waals surface area contributed by atoms with E-state index in [1.807, 2.05) is 0 Å². The van der Waals surface area contributed by atoms with Crippen LogP contribution in [0.5, 0.6) is 0 Å². The van der Waals surface area contributed by atoms with Crippen molar-refractivity contribution in [2.75, 3.05) is 0 Å². The molecule has 0 atom stereocenters. The number of hydrogen-bond acceptors (Lipinski definition) is 5. The van der Waals surface area contributed by atoms with Crippen LogP contribution in [0.2, 0.25) is 0 Å². The number of esters is 2. The molecule has 0 aliphatic carbocycles. The molecule has 0 N–H and O–H groups in total. The predicted molar refractivity (Wildman–Crippen MR) is 61.8 cm³/mol. The Balaban J connectivity index is 3.83. The number of rotatable bonds is 6. The van der Waals surface area contributed by atoms with Crippen molar-refractivity contribution in [3.63, 3.8) is 0 Å². The van der Waals surface area contributed by atoms with E-state index < -0.39 is 11.9 Å². The van der Waals surface area contributed by atoms with E-state index >= 15 is 0 Å². The van der Waals surface area contributed by atoms with Gasteiger partial charge in [-0.1, -0.05) is 0 Å². The van der Waals surface area contributed by atoms with Gasteiger partial charge in [-0.05, 0) is 27.7 Å². The fraction of sp³-hybridized carbons (Fsp3) is 0.500. The zero-order valence-corrected chi connectivity index (χ0v) is 10.5. The van der Waals surface area contributed by atoms with E-state index in [1.165, 1.54) is 0 Å². The lowest BCUT2D eigenvalue weighted by atomic mass is 10.5. The number of ether oxygens (including phenoxy) is 3. The molecule has 0 rings (SSSR count). The van der Waals surface area contributed by atoms with Gasteiger partial charge >= 0.3 is 11.9 Å². The van der Waals surface area contributed by atoms with Gasteiger partial charge in [0, 0.05) is 0 Å². The summed E-state index contributed by atoms with van der Waals surface area (Å²) in [5, 5.41) is 0. The second-order valence-electron chi connectivity index (χ2n) is 3.71. The minimum Gasteiger partial charge on any atom is -0.472 e. The topological polar surface area (TPSA) is 61.8 Å². The first-order valence-corrected chi connectivity index (χ1v) is 5.31. The van der Waals surface area contributed by atoms with E-state index in [0.29, 0.717) is 0 Å². The summed E-state index contributed by atoms with van der Waals surface area (Å²) >= 11 is 0. The molecule has 5 heteroatoms. The van der Waals surface area contributed by atoms with Gasteiger partial charge in [0.25, 0.3) is 0 Å². The molecule has 0 fully saturated rings. The number of carbonyl (C=O) groups is 2. The Labute approximate surface area is 101 Å². The second kappa shape index (κ2) is 8.38. The highest BCUT2D eigenvalue weighted by molar-refractivity contribution is 5.82. The summed E-state index contributed by atoms with van der Waals surface area (Å²) < 4.78 is 14.4. The molecule has 0 aliphatic rings. The standard InChI is InChI=1S/C12H18O5/c1-9(2)16-11(13)5-7-15-8-6-12(14)17-10(3)4/h5-10H,1-4H3/b7-5-,8-6+. The van der Waals surface area contributed by atoms with Crippen LogP contribution in [0.1, 0.15) is 27.7 Å². The number of carbonyl (C=O) groups excluding carboxylic acids is 2. The van der Waals surface area contributed by atoms with Crippen LogP contribution in [-0.2, 0) is 23.8 Å². The van der Waals surface area contributed by atoms with Crippen molar-refractivity contribution in [3.8, 4) is 0 Å². The molecule has 5 nitrogen and oxygen atoms in total. The minimum absolute atomic E-state index is 0.177. The first-order chi connectivity index (χ1) is 7.91. The van der Waals surface area contributed by atoms with E-state index in [4.69, 9.17) is 14.2 Å². The zero-order chi connectivity index (χ0) is 13.3. The molecule has 96 valence electrons. The molecule has 0 heterocycles. The Morgan fingerprint density at radius 2 is 1.18 bits per heavy atom. The van der Waals surface area contributed by atoms with Crippen molar-refractivity contribution in [1.29, 1.82) is 0 Å². The summed E-state index contributed by atoms with van der Waals surface area (Å²) in [6.07, 6.45) is 4.15. The van der Waals surface area contributed by atoms with Crippen LogP contribution in [0.25, 0.3) is 0 Å². The van der Waals surface area contributed by atoms with Crippen LogP contribution in [-0.4, -0.2) is 24.1 Å². The first-order valence-electron chi connectivity index (χ1n) is 5.31. The van der Waals surface area contributed by atoms with Gasteiger partial charge in [0.1, 0.15) is 0 Å². The van der Waals surface area contributed by atoms with Gasteiger partial charge in [0.15, 0.2) is 0 Å². The number of hydrogen-bond donors (Lipinski definition) is 0. The predicted octanol–water partition coefficient (Wildman–Crippen LogP) is 1.93. The Bertz CT molecular complexity index is 272. The average molecular weight is 242 g/mol. The van der Waals surface area contributed by atoms with Crippen molar-refractivity contribution < 1.29 is 23.8 Å². The lowest BCUT2D eigenvalue weighted by Crippen LogP contribution is -2.08. The smallest absolute Gasteiger partial charge is 0.334 e. The van der Waals surface area contributed by atoms with Crippen LogP contribution in [0.3, 0.4) is 0 Å². The lowest BCUT2D eigenvalue weighted by molar-refractivity contribution is -0.142. The van der Waals surface area contributed by atoms with E-state index in [2.05, 4.69) is 0 Å². The molecule has 0 aromatic carbocycles. The fourth-order valence-electron chi connectivity index (χ4n) is 0.778. The highest BCUT2D eigenvalue weighted by Crippen LogP contribution is 1.93. The molecule has 17 heavy (non-hydrogen) atoms. The van der Waals surface area contributed by atoms with Gasteiger partial charge in [-0.15, -0.1) is 0 Å². The van der Waals surface area contributed by atoms with Gasteiger partial charge in [-0.25, -0.2) is 9.59 Å². The summed E-state index contributed by atoms with van der Waals surface area (Å²) in [4.78, 5) is 22.0. The molecule has 0 aliphatic heterocycles. The molecule has 0 radical (unpaired) electrons. The monoisotopic (exact) mass is 242 g/mol. The zero-order valence-electron chi connectivity index (χ0n) is 10.5. The molecule has 0 amide bonds. The van der Waals surface area contributed by atoms with Crippen LogP contribution in [0.15, 0.2) is 24.7 Å². The Morgan fingerprint density at radius 3 is 1.47 bits per heavy atom. The third kappa shape index (κ3) is 10.5. The summed E-state index contributed by atoms with van der Waals surface area (Å²) in [7, 11) is 0. The van der Waals surface area contributed by atoms with E-state index in [0.717, 1.165) is 24.7 Å². The van der Waals surface area contributed by atoms with Crippen LogP contribution >= 0.6 is 0 Å². The largest absolute Gasteiger partial charge is 0.472 e. The lowest BCUT2D eigenvalue weighted by Gasteiger charge is -2.04. The molecule has 0 aromatic rings. The van der Waals surface area contributed by atoms with Crippen LogP contribution in [0.4, 0.5) is 0 Å². The van der Waals surface area contributed by atoms with Gasteiger partial charge in [0.05, 0.1) is 36.9 Å². The quantitative estimate of drug-likeness (QED) is 0.404. The van der Waals surface area contributed by atoms with Crippen molar-refractivity contribution >= 4 is 11.9 Å². The van der Waals surface area contributed by atoms with Gasteiger partial charge in [0.2, 0.25) is 0 Å². The summed E-state index contributed by atoms with van der Waals surface area (Å²) in [5.74, 6) is -1.00. The van der Waals surface area contributed by atoms with Crippen molar-refractivity contribution in [2.24, 2.45) is 0 Å². The Hall–Kier alpha value is -1.78.